The number of nitriles is 2. The summed E-state index contributed by atoms with van der Waals surface area (Å²) in [4.78, 5) is 27.2. The number of benzene rings is 2. The number of likely N-dealkylation sites (tertiary alicyclic amines) is 1. The summed E-state index contributed by atoms with van der Waals surface area (Å²) in [6, 6.07) is 18.5. The number of H-pyrrole nitrogens is 1. The van der Waals surface area contributed by atoms with Crippen molar-refractivity contribution in [2.45, 2.75) is 37.6 Å². The molecule has 1 saturated heterocycles. The molecular weight excluding hydrogens is 612 g/mol. The van der Waals surface area contributed by atoms with Crippen LogP contribution in [0.1, 0.15) is 42.4 Å². The van der Waals surface area contributed by atoms with Crippen molar-refractivity contribution in [2.24, 2.45) is 12.5 Å². The smallest absolute Gasteiger partial charge is 0.238 e. The molecule has 49 heavy (non-hydrogen) atoms. The van der Waals surface area contributed by atoms with Crippen molar-refractivity contribution in [3.63, 3.8) is 0 Å². The topological polar surface area (TPSA) is 135 Å². The van der Waals surface area contributed by atoms with Crippen LogP contribution in [0.2, 0.25) is 0 Å². The lowest BCUT2D eigenvalue weighted by Gasteiger charge is -2.26. The molecule has 1 atom stereocenters. The standard InChI is InChI=1S/C38H34N10O/c1-45-30-19-41-35-32(33(30)38(36(45)49)12-14-47(23-38)22-37(9-10-37)11-13-39)31(26-7-8-29-27(15-26)17-42-46(29)2)34(44-35)28-18-43-48(21-28)20-25-5-3-24(16-40)4-6-25/h3-8,15,17-19,21H,9-12,14,20,22-23H2,1-2H3,(H,41,44). The number of aryl methyl sites for hydroxylation is 1. The number of carbonyl (C=O) groups excluding carboxylic acids is 1. The van der Waals surface area contributed by atoms with E-state index in [-0.39, 0.29) is 11.3 Å². The van der Waals surface area contributed by atoms with E-state index in [2.05, 4.69) is 45.3 Å². The van der Waals surface area contributed by atoms with Gasteiger partial charge in [-0.2, -0.15) is 20.7 Å². The van der Waals surface area contributed by atoms with Crippen LogP contribution in [0, 0.1) is 28.1 Å². The van der Waals surface area contributed by atoms with Crippen LogP contribution in [0.15, 0.2) is 67.3 Å². The molecule has 6 heterocycles. The Morgan fingerprint density at radius 2 is 1.82 bits per heavy atom. The second-order valence-electron chi connectivity index (χ2n) is 14.1. The predicted octanol–water partition coefficient (Wildman–Crippen LogP) is 5.51. The van der Waals surface area contributed by atoms with Crippen molar-refractivity contribution in [1.82, 2.24) is 34.4 Å². The van der Waals surface area contributed by atoms with E-state index in [0.29, 0.717) is 25.1 Å². The summed E-state index contributed by atoms with van der Waals surface area (Å²) in [6.45, 7) is 2.85. The molecule has 6 aromatic rings. The van der Waals surface area contributed by atoms with Crippen LogP contribution in [0.4, 0.5) is 5.69 Å². The molecule has 1 amide bonds. The first-order chi connectivity index (χ1) is 23.8. The van der Waals surface area contributed by atoms with E-state index in [9.17, 15) is 15.3 Å². The zero-order valence-electron chi connectivity index (χ0n) is 27.4. The van der Waals surface area contributed by atoms with Crippen LogP contribution in [0.25, 0.3) is 44.3 Å². The zero-order chi connectivity index (χ0) is 33.5. The molecule has 0 radical (unpaired) electrons. The van der Waals surface area contributed by atoms with Crippen molar-refractivity contribution in [3.05, 3.63) is 83.9 Å². The predicted molar refractivity (Wildman–Crippen MR) is 185 cm³/mol. The summed E-state index contributed by atoms with van der Waals surface area (Å²) in [5, 5.41) is 29.9. The van der Waals surface area contributed by atoms with Gasteiger partial charge in [-0.1, -0.05) is 18.2 Å². The number of fused-ring (bicyclic) bond motifs is 5. The van der Waals surface area contributed by atoms with Crippen molar-refractivity contribution >= 4 is 33.5 Å². The number of carbonyl (C=O) groups is 1. The Kier molecular flexibility index (Phi) is 6.36. The monoisotopic (exact) mass is 646 g/mol. The molecule has 2 aromatic carbocycles. The molecule has 1 N–H and O–H groups in total. The van der Waals surface area contributed by atoms with Gasteiger partial charge in [0.2, 0.25) is 5.91 Å². The fraction of sp³-hybridized carbons (Fsp3) is 0.316. The lowest BCUT2D eigenvalue weighted by atomic mass is 9.78. The number of hydrogen-bond acceptors (Lipinski definition) is 7. The number of likely N-dealkylation sites (N-methyl/N-ethyl adjacent to an activating group) is 1. The van der Waals surface area contributed by atoms with E-state index in [0.717, 1.165) is 93.5 Å². The van der Waals surface area contributed by atoms with Crippen LogP contribution in [0.3, 0.4) is 0 Å². The number of nitrogens with zero attached hydrogens (tertiary/aromatic N) is 9. The van der Waals surface area contributed by atoms with Gasteiger partial charge in [-0.15, -0.1) is 0 Å². The molecule has 1 aliphatic carbocycles. The minimum absolute atomic E-state index is 0.0632. The zero-order valence-corrected chi connectivity index (χ0v) is 27.4. The molecule has 242 valence electrons. The SMILES string of the molecule is CN1C(=O)C2(CCN(CC3(CC#N)CC3)C2)c2c1cnc1[nH]c(-c3cnn(Cc4ccc(C#N)cc4)c3)c(-c3ccc4c(cnn4C)c3)c21. The lowest BCUT2D eigenvalue weighted by Crippen LogP contribution is -2.41. The summed E-state index contributed by atoms with van der Waals surface area (Å²) >= 11 is 0. The maximum Gasteiger partial charge on any atom is 0.238 e. The van der Waals surface area contributed by atoms with Gasteiger partial charge in [0.15, 0.2) is 0 Å². The van der Waals surface area contributed by atoms with Crippen LogP contribution < -0.4 is 4.90 Å². The summed E-state index contributed by atoms with van der Waals surface area (Å²) in [5.74, 6) is 0.107. The average Bonchev–Trinajstić information content (AvgIpc) is 3.58. The van der Waals surface area contributed by atoms with Crippen LogP contribution in [-0.2, 0) is 23.8 Å². The normalized spacial score (nSPS) is 19.6. The summed E-state index contributed by atoms with van der Waals surface area (Å²) in [6.07, 6.45) is 11.1. The number of anilines is 1. The first kappa shape index (κ1) is 29.4. The second-order valence-corrected chi connectivity index (χ2v) is 14.1. The van der Waals surface area contributed by atoms with Gasteiger partial charge < -0.3 is 14.8 Å². The first-order valence-corrected chi connectivity index (χ1v) is 16.7. The Bertz CT molecular complexity index is 2400. The maximum atomic E-state index is 14.4. The van der Waals surface area contributed by atoms with Gasteiger partial charge in [-0.3, -0.25) is 14.2 Å². The van der Waals surface area contributed by atoms with Crippen molar-refractivity contribution in [3.8, 4) is 34.5 Å². The minimum Gasteiger partial charge on any atom is -0.339 e. The Morgan fingerprint density at radius 3 is 2.59 bits per heavy atom. The molecule has 11 nitrogen and oxygen atoms in total. The van der Waals surface area contributed by atoms with E-state index in [1.807, 2.05) is 72.5 Å². The molecule has 11 heteroatoms. The number of aromatic nitrogens is 6. The second kappa shape index (κ2) is 10.6. The highest BCUT2D eigenvalue weighted by Crippen LogP contribution is 2.55. The average molecular weight is 647 g/mol. The Balaban J connectivity index is 1.21. The highest BCUT2D eigenvalue weighted by Gasteiger charge is 2.56. The summed E-state index contributed by atoms with van der Waals surface area (Å²) in [5.41, 5.74) is 8.48. The van der Waals surface area contributed by atoms with Crippen LogP contribution in [-0.4, -0.2) is 67.0 Å². The van der Waals surface area contributed by atoms with Gasteiger partial charge in [0.05, 0.1) is 65.2 Å². The Hall–Kier alpha value is -5.78. The molecule has 0 bridgehead atoms. The minimum atomic E-state index is -0.708. The molecule has 1 spiro atoms. The molecule has 4 aromatic heterocycles. The van der Waals surface area contributed by atoms with Gasteiger partial charge in [0.25, 0.3) is 0 Å². The third-order valence-electron chi connectivity index (χ3n) is 11.1. The van der Waals surface area contributed by atoms with Gasteiger partial charge in [-0.25, -0.2) is 4.98 Å². The molecule has 3 aliphatic rings. The van der Waals surface area contributed by atoms with Gasteiger partial charge in [0, 0.05) is 67.3 Å². The maximum absolute atomic E-state index is 14.4. The van der Waals surface area contributed by atoms with Gasteiger partial charge in [0.1, 0.15) is 5.65 Å². The quantitative estimate of drug-likeness (QED) is 0.242. The first-order valence-electron chi connectivity index (χ1n) is 16.7. The number of nitrogens with one attached hydrogen (secondary N) is 1. The number of aromatic amines is 1. The largest absolute Gasteiger partial charge is 0.339 e. The summed E-state index contributed by atoms with van der Waals surface area (Å²) in [7, 11) is 3.81. The molecular formula is C38H34N10O. The molecule has 1 saturated carbocycles. The van der Waals surface area contributed by atoms with E-state index in [4.69, 9.17) is 10.1 Å². The van der Waals surface area contributed by atoms with Gasteiger partial charge >= 0.3 is 0 Å². The van der Waals surface area contributed by atoms with Crippen molar-refractivity contribution in [1.29, 1.82) is 10.5 Å². The third-order valence-corrected chi connectivity index (χ3v) is 11.1. The number of rotatable bonds is 7. The van der Waals surface area contributed by atoms with E-state index in [1.165, 1.54) is 0 Å². The number of amides is 1. The molecule has 2 fully saturated rings. The lowest BCUT2D eigenvalue weighted by molar-refractivity contribution is -0.122. The molecule has 1 unspecified atom stereocenters. The van der Waals surface area contributed by atoms with Crippen LogP contribution in [0.5, 0.6) is 0 Å². The highest BCUT2D eigenvalue weighted by atomic mass is 16.2. The van der Waals surface area contributed by atoms with E-state index >= 15 is 0 Å². The Labute approximate surface area is 283 Å². The van der Waals surface area contributed by atoms with Crippen molar-refractivity contribution in [2.75, 3.05) is 31.6 Å². The number of pyridine rings is 1. The fourth-order valence-corrected chi connectivity index (χ4v) is 8.31. The molecule has 2 aliphatic heterocycles. The van der Waals surface area contributed by atoms with E-state index in [1.54, 1.807) is 4.90 Å². The van der Waals surface area contributed by atoms with Crippen molar-refractivity contribution < 1.29 is 4.79 Å². The Morgan fingerprint density at radius 1 is 0.980 bits per heavy atom. The van der Waals surface area contributed by atoms with E-state index < -0.39 is 5.41 Å². The molecule has 9 rings (SSSR count). The fourth-order valence-electron chi connectivity index (χ4n) is 8.31. The van der Waals surface area contributed by atoms with Crippen LogP contribution >= 0.6 is 0 Å². The summed E-state index contributed by atoms with van der Waals surface area (Å²) < 4.78 is 3.77. The van der Waals surface area contributed by atoms with Gasteiger partial charge in [-0.05, 0) is 66.6 Å². The number of hydrogen-bond donors (Lipinski definition) is 1. The third kappa shape index (κ3) is 4.50. The highest BCUT2D eigenvalue weighted by molar-refractivity contribution is 6.16.